The maximum atomic E-state index is 12.1. The second-order valence-corrected chi connectivity index (χ2v) is 5.51. The molecule has 1 N–H and O–H groups in total. The maximum Gasteiger partial charge on any atom is 0.321 e. The first-order valence-corrected chi connectivity index (χ1v) is 7.33. The number of anilines is 1. The standard InChI is InChI=1S/C16H20N4O/c1-12-10-13(2)20(18-12)15-7-5-6-14(11-15)17-16(21)19-8-3-4-9-19/h5-7,10-11H,3-4,8-9H2,1-2H3,(H,17,21). The van der Waals surface area contributed by atoms with Gasteiger partial charge in [0.15, 0.2) is 0 Å². The van der Waals surface area contributed by atoms with Crippen molar-refractivity contribution >= 4 is 11.7 Å². The molecule has 0 radical (unpaired) electrons. The fourth-order valence-electron chi connectivity index (χ4n) is 2.73. The lowest BCUT2D eigenvalue weighted by atomic mass is 10.2. The zero-order valence-electron chi connectivity index (χ0n) is 12.5. The Kier molecular flexibility index (Phi) is 3.64. The fraction of sp³-hybridized carbons (Fsp3) is 0.375. The molecule has 21 heavy (non-hydrogen) atoms. The molecule has 1 aliphatic heterocycles. The van der Waals surface area contributed by atoms with Crippen LogP contribution < -0.4 is 5.32 Å². The van der Waals surface area contributed by atoms with Crippen LogP contribution in [-0.2, 0) is 0 Å². The molecule has 2 aromatic rings. The second kappa shape index (κ2) is 5.60. The molecule has 2 amide bonds. The smallest absolute Gasteiger partial charge is 0.321 e. The van der Waals surface area contributed by atoms with Gasteiger partial charge in [0.2, 0.25) is 0 Å². The monoisotopic (exact) mass is 284 g/mol. The second-order valence-electron chi connectivity index (χ2n) is 5.51. The molecular formula is C16H20N4O. The van der Waals surface area contributed by atoms with Gasteiger partial charge in [0, 0.05) is 24.5 Å². The van der Waals surface area contributed by atoms with Crippen molar-refractivity contribution in [2.24, 2.45) is 0 Å². The zero-order valence-corrected chi connectivity index (χ0v) is 12.5. The number of benzene rings is 1. The topological polar surface area (TPSA) is 50.2 Å². The van der Waals surface area contributed by atoms with Gasteiger partial charge < -0.3 is 10.2 Å². The van der Waals surface area contributed by atoms with Gasteiger partial charge in [0.05, 0.1) is 11.4 Å². The molecule has 0 bridgehead atoms. The van der Waals surface area contributed by atoms with E-state index < -0.39 is 0 Å². The van der Waals surface area contributed by atoms with Crippen molar-refractivity contribution in [3.8, 4) is 5.69 Å². The van der Waals surface area contributed by atoms with E-state index in [2.05, 4.69) is 10.4 Å². The Balaban J connectivity index is 1.80. The van der Waals surface area contributed by atoms with E-state index in [1.807, 2.05) is 53.8 Å². The summed E-state index contributed by atoms with van der Waals surface area (Å²) in [5, 5.41) is 7.44. The third-order valence-corrected chi connectivity index (χ3v) is 3.74. The summed E-state index contributed by atoms with van der Waals surface area (Å²) in [6, 6.07) is 9.81. The van der Waals surface area contributed by atoms with Gasteiger partial charge in [-0.25, -0.2) is 9.48 Å². The van der Waals surface area contributed by atoms with Crippen molar-refractivity contribution < 1.29 is 4.79 Å². The van der Waals surface area contributed by atoms with Crippen molar-refractivity contribution in [2.75, 3.05) is 18.4 Å². The lowest BCUT2D eigenvalue weighted by Gasteiger charge is -2.16. The van der Waals surface area contributed by atoms with Crippen LogP contribution in [0, 0.1) is 13.8 Å². The molecule has 1 aliphatic rings. The normalized spacial score (nSPS) is 14.5. The van der Waals surface area contributed by atoms with Crippen molar-refractivity contribution in [3.63, 3.8) is 0 Å². The van der Waals surface area contributed by atoms with Crippen LogP contribution in [0.3, 0.4) is 0 Å². The fourth-order valence-corrected chi connectivity index (χ4v) is 2.73. The SMILES string of the molecule is Cc1cc(C)n(-c2cccc(NC(=O)N3CCCC3)c2)n1. The first-order chi connectivity index (χ1) is 10.1. The van der Waals surface area contributed by atoms with E-state index in [4.69, 9.17) is 0 Å². The number of nitrogens with zero attached hydrogens (tertiary/aromatic N) is 3. The van der Waals surface area contributed by atoms with Crippen molar-refractivity contribution in [1.29, 1.82) is 0 Å². The molecule has 1 aromatic carbocycles. The maximum absolute atomic E-state index is 12.1. The number of amides is 2. The van der Waals surface area contributed by atoms with Crippen LogP contribution in [0.1, 0.15) is 24.2 Å². The number of nitrogens with one attached hydrogen (secondary N) is 1. The Hall–Kier alpha value is -2.30. The van der Waals surface area contributed by atoms with Crippen LogP contribution in [0.5, 0.6) is 0 Å². The average molecular weight is 284 g/mol. The highest BCUT2D eigenvalue weighted by atomic mass is 16.2. The molecule has 0 aliphatic carbocycles. The molecule has 0 spiro atoms. The average Bonchev–Trinajstić information content (AvgIpc) is 3.08. The van der Waals surface area contributed by atoms with Crippen molar-refractivity contribution in [3.05, 3.63) is 41.7 Å². The number of rotatable bonds is 2. The zero-order chi connectivity index (χ0) is 14.8. The van der Waals surface area contributed by atoms with Gasteiger partial charge in [0.1, 0.15) is 0 Å². The molecule has 0 unspecified atom stereocenters. The molecule has 3 rings (SSSR count). The summed E-state index contributed by atoms with van der Waals surface area (Å²) < 4.78 is 1.89. The summed E-state index contributed by atoms with van der Waals surface area (Å²) in [6.45, 7) is 5.70. The van der Waals surface area contributed by atoms with Gasteiger partial charge in [-0.1, -0.05) is 6.07 Å². The number of carbonyl (C=O) groups is 1. The molecule has 0 saturated carbocycles. The predicted octanol–water partition coefficient (Wildman–Crippen LogP) is 3.12. The van der Waals surface area contributed by atoms with Crippen molar-refractivity contribution in [1.82, 2.24) is 14.7 Å². The predicted molar refractivity (Wildman–Crippen MR) is 82.9 cm³/mol. The molecule has 1 aromatic heterocycles. The van der Waals surface area contributed by atoms with Crippen LogP contribution in [0.2, 0.25) is 0 Å². The summed E-state index contributed by atoms with van der Waals surface area (Å²) in [7, 11) is 0. The minimum Gasteiger partial charge on any atom is -0.325 e. The first-order valence-electron chi connectivity index (χ1n) is 7.33. The van der Waals surface area contributed by atoms with Gasteiger partial charge in [-0.15, -0.1) is 0 Å². The van der Waals surface area contributed by atoms with Gasteiger partial charge in [0.25, 0.3) is 0 Å². The summed E-state index contributed by atoms with van der Waals surface area (Å²) in [4.78, 5) is 14.0. The Labute approximate surface area is 124 Å². The summed E-state index contributed by atoms with van der Waals surface area (Å²) >= 11 is 0. The lowest BCUT2D eigenvalue weighted by molar-refractivity contribution is 0.222. The van der Waals surface area contributed by atoms with E-state index in [-0.39, 0.29) is 6.03 Å². The molecule has 110 valence electrons. The highest BCUT2D eigenvalue weighted by molar-refractivity contribution is 5.89. The number of carbonyl (C=O) groups excluding carboxylic acids is 1. The van der Waals surface area contributed by atoms with Crippen LogP contribution in [0.15, 0.2) is 30.3 Å². The van der Waals surface area contributed by atoms with Gasteiger partial charge in [-0.3, -0.25) is 0 Å². The van der Waals surface area contributed by atoms with E-state index >= 15 is 0 Å². The quantitative estimate of drug-likeness (QED) is 0.921. The molecule has 5 nitrogen and oxygen atoms in total. The van der Waals surface area contributed by atoms with Crippen LogP contribution in [0.25, 0.3) is 5.69 Å². The van der Waals surface area contributed by atoms with Gasteiger partial charge in [-0.05, 0) is 51.0 Å². The van der Waals surface area contributed by atoms with E-state index in [0.717, 1.165) is 48.7 Å². The van der Waals surface area contributed by atoms with Gasteiger partial charge in [-0.2, -0.15) is 5.10 Å². The number of hydrogen-bond acceptors (Lipinski definition) is 2. The number of aromatic nitrogens is 2. The van der Waals surface area contributed by atoms with E-state index in [1.165, 1.54) is 0 Å². The minimum absolute atomic E-state index is 0.0157. The number of hydrogen-bond donors (Lipinski definition) is 1. The first kappa shape index (κ1) is 13.7. The number of likely N-dealkylation sites (tertiary alicyclic amines) is 1. The third-order valence-electron chi connectivity index (χ3n) is 3.74. The third kappa shape index (κ3) is 2.91. The van der Waals surface area contributed by atoms with E-state index in [9.17, 15) is 4.79 Å². The Morgan fingerprint density at radius 2 is 1.95 bits per heavy atom. The molecule has 1 saturated heterocycles. The number of urea groups is 1. The summed E-state index contributed by atoms with van der Waals surface area (Å²) in [5.41, 5.74) is 3.83. The summed E-state index contributed by atoms with van der Waals surface area (Å²) in [5.74, 6) is 0. The molecule has 0 atom stereocenters. The Bertz CT molecular complexity index is 656. The Morgan fingerprint density at radius 3 is 2.62 bits per heavy atom. The molecular weight excluding hydrogens is 264 g/mol. The van der Waals surface area contributed by atoms with Gasteiger partial charge >= 0.3 is 6.03 Å². The Morgan fingerprint density at radius 1 is 1.19 bits per heavy atom. The number of aryl methyl sites for hydroxylation is 2. The van der Waals surface area contributed by atoms with Crippen molar-refractivity contribution in [2.45, 2.75) is 26.7 Å². The molecule has 5 heteroatoms. The summed E-state index contributed by atoms with van der Waals surface area (Å²) in [6.07, 6.45) is 2.19. The highest BCUT2D eigenvalue weighted by Gasteiger charge is 2.17. The highest BCUT2D eigenvalue weighted by Crippen LogP contribution is 2.18. The molecule has 2 heterocycles. The largest absolute Gasteiger partial charge is 0.325 e. The van der Waals surface area contributed by atoms with Crippen LogP contribution in [-0.4, -0.2) is 33.8 Å². The lowest BCUT2D eigenvalue weighted by Crippen LogP contribution is -2.32. The van der Waals surface area contributed by atoms with Crippen LogP contribution >= 0.6 is 0 Å². The van der Waals surface area contributed by atoms with E-state index in [0.29, 0.717) is 0 Å². The minimum atomic E-state index is -0.0157. The molecule has 1 fully saturated rings. The van der Waals surface area contributed by atoms with Crippen LogP contribution in [0.4, 0.5) is 10.5 Å². The van der Waals surface area contributed by atoms with E-state index in [1.54, 1.807) is 0 Å².